The van der Waals surface area contributed by atoms with Crippen LogP contribution in [0.3, 0.4) is 0 Å². The Labute approximate surface area is 175 Å². The molecule has 0 atom stereocenters. The van der Waals surface area contributed by atoms with Crippen LogP contribution in [0, 0.1) is 0 Å². The molecule has 8 heteroatoms. The number of quaternary nitrogens is 1. The summed E-state index contributed by atoms with van der Waals surface area (Å²) in [7, 11) is 0. The van der Waals surface area contributed by atoms with Gasteiger partial charge in [-0.25, -0.2) is 0 Å². The van der Waals surface area contributed by atoms with Gasteiger partial charge in [-0.3, -0.25) is 0 Å². The predicted octanol–water partition coefficient (Wildman–Crippen LogP) is 2.71. The number of hydrogen-bond acceptors (Lipinski definition) is 6. The molecule has 1 aromatic heterocycles. The van der Waals surface area contributed by atoms with E-state index in [1.807, 2.05) is 50.2 Å². The molecule has 2 aromatic carbocycles. The maximum atomic E-state index is 5.70. The van der Waals surface area contributed by atoms with Crippen LogP contribution in [0.15, 0.2) is 53.7 Å². The maximum Gasteiger partial charge on any atom is 0.214 e. The number of benzene rings is 2. The van der Waals surface area contributed by atoms with Crippen LogP contribution in [0.4, 0.5) is 0 Å². The van der Waals surface area contributed by atoms with Crippen LogP contribution in [0.25, 0.3) is 5.69 Å². The van der Waals surface area contributed by atoms with E-state index in [0.29, 0.717) is 13.2 Å². The lowest BCUT2D eigenvalue weighted by Gasteiger charge is -2.12. The molecule has 0 aliphatic carbocycles. The summed E-state index contributed by atoms with van der Waals surface area (Å²) in [5, 5.41) is 15.2. The van der Waals surface area contributed by atoms with Crippen LogP contribution in [0.2, 0.25) is 0 Å². The van der Waals surface area contributed by atoms with E-state index in [1.165, 1.54) is 5.56 Å². The minimum absolute atomic E-state index is 0.632. The lowest BCUT2D eigenvalue weighted by atomic mass is 10.2. The fourth-order valence-electron chi connectivity index (χ4n) is 2.88. The van der Waals surface area contributed by atoms with E-state index in [2.05, 4.69) is 33.0 Å². The number of thioether (sulfide) groups is 1. The summed E-state index contributed by atoms with van der Waals surface area (Å²) in [6, 6.07) is 16.1. The second-order valence-corrected chi connectivity index (χ2v) is 7.40. The van der Waals surface area contributed by atoms with Gasteiger partial charge < -0.3 is 14.8 Å². The number of aromatic nitrogens is 4. The molecule has 2 N–H and O–H groups in total. The van der Waals surface area contributed by atoms with Gasteiger partial charge in [-0.15, -0.1) is 5.10 Å². The monoisotopic (exact) mass is 414 g/mol. The molecule has 154 valence electrons. The molecular formula is C21H28N5O2S+. The Balaban J connectivity index is 1.42. The molecule has 0 radical (unpaired) electrons. The van der Waals surface area contributed by atoms with E-state index in [4.69, 9.17) is 9.47 Å². The van der Waals surface area contributed by atoms with Gasteiger partial charge in [0.1, 0.15) is 6.54 Å². The number of nitrogens with zero attached hydrogens (tertiary/aromatic N) is 4. The normalized spacial score (nSPS) is 10.8. The molecule has 0 saturated heterocycles. The number of rotatable bonds is 12. The van der Waals surface area contributed by atoms with Gasteiger partial charge >= 0.3 is 0 Å². The van der Waals surface area contributed by atoms with Crippen molar-refractivity contribution in [3.05, 3.63) is 54.1 Å². The van der Waals surface area contributed by atoms with Gasteiger partial charge in [0, 0.05) is 17.7 Å². The first-order valence-electron chi connectivity index (χ1n) is 9.98. The van der Waals surface area contributed by atoms with Gasteiger partial charge in [0.2, 0.25) is 5.16 Å². The fraction of sp³-hybridized carbons (Fsp3) is 0.381. The third-order valence-corrected chi connectivity index (χ3v) is 5.22. The first-order valence-corrected chi connectivity index (χ1v) is 11.0. The molecule has 0 aliphatic rings. The molecule has 0 spiro atoms. The van der Waals surface area contributed by atoms with E-state index in [9.17, 15) is 0 Å². The summed E-state index contributed by atoms with van der Waals surface area (Å²) >= 11 is 1.68. The Morgan fingerprint density at radius 3 is 2.59 bits per heavy atom. The Morgan fingerprint density at radius 1 is 1.00 bits per heavy atom. The number of para-hydroxylation sites is 1. The Morgan fingerprint density at radius 2 is 1.79 bits per heavy atom. The number of ether oxygens (including phenoxy) is 2. The first-order chi connectivity index (χ1) is 14.3. The minimum Gasteiger partial charge on any atom is -0.490 e. The second kappa shape index (κ2) is 11.4. The lowest BCUT2D eigenvalue weighted by molar-refractivity contribution is -0.670. The highest BCUT2D eigenvalue weighted by molar-refractivity contribution is 7.99. The van der Waals surface area contributed by atoms with Crippen molar-refractivity contribution >= 4 is 11.8 Å². The predicted molar refractivity (Wildman–Crippen MR) is 114 cm³/mol. The number of nitrogens with two attached hydrogens (primary N) is 1. The highest BCUT2D eigenvalue weighted by atomic mass is 32.2. The van der Waals surface area contributed by atoms with Crippen molar-refractivity contribution in [2.24, 2.45) is 0 Å². The lowest BCUT2D eigenvalue weighted by Crippen LogP contribution is -2.82. The van der Waals surface area contributed by atoms with Crippen LogP contribution in [-0.4, -0.2) is 45.7 Å². The van der Waals surface area contributed by atoms with Crippen molar-refractivity contribution in [3.8, 4) is 17.2 Å². The molecule has 0 amide bonds. The number of tetrazole rings is 1. The van der Waals surface area contributed by atoms with Crippen molar-refractivity contribution < 1.29 is 14.8 Å². The topological polar surface area (TPSA) is 78.7 Å². The van der Waals surface area contributed by atoms with Crippen molar-refractivity contribution in [1.29, 1.82) is 0 Å². The Bertz CT molecular complexity index is 873. The summed E-state index contributed by atoms with van der Waals surface area (Å²) in [6.07, 6.45) is 1.07. The van der Waals surface area contributed by atoms with E-state index in [0.717, 1.165) is 47.6 Å². The maximum absolute atomic E-state index is 5.70. The molecule has 0 unspecified atom stereocenters. The van der Waals surface area contributed by atoms with Crippen molar-refractivity contribution in [3.63, 3.8) is 0 Å². The Hall–Kier alpha value is -2.58. The van der Waals surface area contributed by atoms with E-state index < -0.39 is 0 Å². The van der Waals surface area contributed by atoms with Gasteiger partial charge in [0.15, 0.2) is 11.5 Å². The average Bonchev–Trinajstić information content (AvgIpc) is 3.22. The summed E-state index contributed by atoms with van der Waals surface area (Å²) < 4.78 is 13.1. The average molecular weight is 415 g/mol. The highest BCUT2D eigenvalue weighted by Gasteiger charge is 2.09. The molecule has 3 rings (SSSR count). The Kier molecular flexibility index (Phi) is 8.33. The van der Waals surface area contributed by atoms with Gasteiger partial charge in [0.05, 0.1) is 25.4 Å². The SMILES string of the molecule is CCOc1ccc(C[NH2+]CCCSc2nnnn2-c2ccccc2)cc1OCC. The van der Waals surface area contributed by atoms with Crippen LogP contribution in [-0.2, 0) is 6.54 Å². The van der Waals surface area contributed by atoms with Gasteiger partial charge in [0.25, 0.3) is 0 Å². The zero-order valence-electron chi connectivity index (χ0n) is 17.0. The minimum atomic E-state index is 0.632. The molecule has 29 heavy (non-hydrogen) atoms. The quantitative estimate of drug-likeness (QED) is 0.363. The largest absolute Gasteiger partial charge is 0.490 e. The molecule has 0 fully saturated rings. The number of hydrogen-bond donors (Lipinski definition) is 1. The molecule has 0 aliphatic heterocycles. The van der Waals surface area contributed by atoms with E-state index >= 15 is 0 Å². The van der Waals surface area contributed by atoms with Crippen molar-refractivity contribution in [2.45, 2.75) is 32.0 Å². The highest BCUT2D eigenvalue weighted by Crippen LogP contribution is 2.28. The third-order valence-electron chi connectivity index (χ3n) is 4.21. The summed E-state index contributed by atoms with van der Waals surface area (Å²) in [4.78, 5) is 0. The van der Waals surface area contributed by atoms with Gasteiger partial charge in [-0.05, 0) is 54.6 Å². The van der Waals surface area contributed by atoms with Crippen LogP contribution >= 0.6 is 11.8 Å². The molecular weight excluding hydrogens is 386 g/mol. The standard InChI is InChI=1S/C21H27N5O2S/c1-3-27-19-12-11-17(15-20(19)28-4-2)16-22-13-8-14-29-21-23-24-25-26(21)18-9-6-5-7-10-18/h5-7,9-12,15,22H,3-4,8,13-14,16H2,1-2H3/p+1. The third kappa shape index (κ3) is 6.20. The van der Waals surface area contributed by atoms with Crippen molar-refractivity contribution in [2.75, 3.05) is 25.5 Å². The zero-order valence-corrected chi connectivity index (χ0v) is 17.8. The summed E-state index contributed by atoms with van der Waals surface area (Å²) in [5.74, 6) is 2.60. The first kappa shape index (κ1) is 21.1. The molecule has 3 aromatic rings. The van der Waals surface area contributed by atoms with E-state index in [-0.39, 0.29) is 0 Å². The smallest absolute Gasteiger partial charge is 0.214 e. The van der Waals surface area contributed by atoms with Crippen molar-refractivity contribution in [1.82, 2.24) is 20.2 Å². The zero-order chi connectivity index (χ0) is 20.3. The summed E-state index contributed by atoms with van der Waals surface area (Å²) in [5.41, 5.74) is 2.21. The van der Waals surface area contributed by atoms with Crippen LogP contribution in [0.5, 0.6) is 11.5 Å². The van der Waals surface area contributed by atoms with E-state index in [1.54, 1.807) is 16.4 Å². The van der Waals surface area contributed by atoms with Gasteiger partial charge in [-0.2, -0.15) is 4.68 Å². The fourth-order valence-corrected chi connectivity index (χ4v) is 3.73. The molecule has 0 saturated carbocycles. The second-order valence-electron chi connectivity index (χ2n) is 6.34. The molecule has 1 heterocycles. The van der Waals surface area contributed by atoms with Crippen LogP contribution < -0.4 is 14.8 Å². The summed E-state index contributed by atoms with van der Waals surface area (Å²) in [6.45, 7) is 7.19. The van der Waals surface area contributed by atoms with Gasteiger partial charge in [-0.1, -0.05) is 30.0 Å². The molecule has 0 bridgehead atoms. The van der Waals surface area contributed by atoms with Crippen LogP contribution in [0.1, 0.15) is 25.8 Å². The molecule has 7 nitrogen and oxygen atoms in total.